The van der Waals surface area contributed by atoms with E-state index in [2.05, 4.69) is 44.5 Å². The lowest BCUT2D eigenvalue weighted by atomic mass is 9.77. The number of nitrogens with one attached hydrogen (secondary N) is 2. The van der Waals surface area contributed by atoms with Crippen LogP contribution in [-0.2, 0) is 22.5 Å². The predicted molar refractivity (Wildman–Crippen MR) is 157 cm³/mol. The van der Waals surface area contributed by atoms with Crippen LogP contribution >= 0.6 is 0 Å². The molecule has 0 radical (unpaired) electrons. The van der Waals surface area contributed by atoms with Crippen molar-refractivity contribution in [3.8, 4) is 0 Å². The van der Waals surface area contributed by atoms with Crippen molar-refractivity contribution in [3.05, 3.63) is 53.3 Å². The van der Waals surface area contributed by atoms with Gasteiger partial charge in [-0.15, -0.1) is 0 Å². The first-order valence-corrected chi connectivity index (χ1v) is 15.6. The second-order valence-electron chi connectivity index (χ2n) is 12.1. The van der Waals surface area contributed by atoms with E-state index in [1.807, 2.05) is 0 Å². The average molecular weight is 564 g/mol. The van der Waals surface area contributed by atoms with Gasteiger partial charge in [-0.1, -0.05) is 43.5 Å². The van der Waals surface area contributed by atoms with Crippen molar-refractivity contribution in [1.82, 2.24) is 20.8 Å². The number of piperidine rings is 1. The number of amides is 1. The molecule has 1 aliphatic heterocycles. The molecule has 1 aromatic carbocycles. The van der Waals surface area contributed by atoms with Crippen molar-refractivity contribution in [2.24, 2.45) is 11.8 Å². The molecule has 0 spiro atoms. The molecule has 2 heterocycles. The quantitative estimate of drug-likeness (QED) is 0.199. The highest BCUT2D eigenvalue weighted by Gasteiger charge is 2.32. The van der Waals surface area contributed by atoms with E-state index in [1.54, 1.807) is 5.48 Å². The zero-order valence-corrected chi connectivity index (χ0v) is 24.1. The minimum Gasteiger partial charge on any atom is -0.462 e. The third-order valence-corrected chi connectivity index (χ3v) is 9.25. The zero-order chi connectivity index (χ0) is 28.4. The Kier molecular flexibility index (Phi) is 10.6. The number of carbonyl (C=O) groups is 2. The highest BCUT2D eigenvalue weighted by molar-refractivity contribution is 5.92. The maximum atomic E-state index is 13.2. The molecule has 9 nitrogen and oxygen atoms in total. The van der Waals surface area contributed by atoms with E-state index in [0.29, 0.717) is 17.9 Å². The van der Waals surface area contributed by atoms with Crippen LogP contribution in [0.15, 0.2) is 36.7 Å². The first-order chi connectivity index (χ1) is 20.1. The molecule has 2 saturated carbocycles. The molecule has 2 aromatic rings. The Labute approximate surface area is 243 Å². The third kappa shape index (κ3) is 8.26. The SMILES string of the molecule is O=C(NO)c1cnc(N2CCC(NCc3ccc(CC[C@H](C(=O)OC4CCCC4)C4CCCCC4)cc3)CC2)nc1. The number of ether oxygens (including phenoxy) is 1. The number of aromatic nitrogens is 2. The summed E-state index contributed by atoms with van der Waals surface area (Å²) in [6, 6.07) is 9.28. The number of carbonyl (C=O) groups excluding carboxylic acids is 2. The van der Waals surface area contributed by atoms with Gasteiger partial charge in [0.15, 0.2) is 0 Å². The molecule has 3 fully saturated rings. The van der Waals surface area contributed by atoms with Gasteiger partial charge in [-0.2, -0.15) is 0 Å². The number of hydrogen-bond donors (Lipinski definition) is 3. The van der Waals surface area contributed by atoms with Crippen LogP contribution in [0, 0.1) is 11.8 Å². The summed E-state index contributed by atoms with van der Waals surface area (Å²) in [7, 11) is 0. The average Bonchev–Trinajstić information content (AvgIpc) is 3.54. The Morgan fingerprint density at radius 2 is 1.54 bits per heavy atom. The molecule has 1 amide bonds. The maximum Gasteiger partial charge on any atom is 0.309 e. The van der Waals surface area contributed by atoms with Gasteiger partial charge in [0.1, 0.15) is 6.10 Å². The minimum absolute atomic E-state index is 0.0338. The molecule has 222 valence electrons. The summed E-state index contributed by atoms with van der Waals surface area (Å²) < 4.78 is 5.99. The summed E-state index contributed by atoms with van der Waals surface area (Å²) in [5.74, 6) is 0.563. The lowest BCUT2D eigenvalue weighted by Crippen LogP contribution is -2.43. The highest BCUT2D eigenvalue weighted by atomic mass is 16.5. The second-order valence-corrected chi connectivity index (χ2v) is 12.1. The van der Waals surface area contributed by atoms with Gasteiger partial charge in [-0.05, 0) is 81.3 Å². The Bertz CT molecular complexity index is 1110. The van der Waals surface area contributed by atoms with E-state index in [4.69, 9.17) is 9.94 Å². The zero-order valence-electron chi connectivity index (χ0n) is 24.1. The number of rotatable bonds is 11. The normalized spacial score (nSPS) is 19.7. The molecule has 1 saturated heterocycles. The first kappa shape index (κ1) is 29.5. The molecule has 9 heteroatoms. The summed E-state index contributed by atoms with van der Waals surface area (Å²) in [6.07, 6.45) is 17.3. The van der Waals surface area contributed by atoms with Gasteiger partial charge in [0.05, 0.1) is 11.5 Å². The number of hydrogen-bond acceptors (Lipinski definition) is 8. The van der Waals surface area contributed by atoms with Crippen molar-refractivity contribution in [2.45, 2.75) is 102 Å². The fourth-order valence-electron chi connectivity index (χ4n) is 6.70. The van der Waals surface area contributed by atoms with Crippen molar-refractivity contribution < 1.29 is 19.5 Å². The standard InChI is InChI=1S/C32H45N5O4/c38-30(36-40)26-21-34-32(35-22-26)37-18-16-27(17-19-37)33-20-24-12-10-23(11-13-24)14-15-29(25-6-2-1-3-7-25)31(39)41-28-8-4-5-9-28/h10-13,21-22,25,27-29,33,40H,1-9,14-20H2,(H,36,38)/t29-/m0/s1. The molecular formula is C32H45N5O4. The number of aryl methyl sites for hydroxylation is 1. The molecule has 2 aliphatic carbocycles. The molecule has 3 N–H and O–H groups in total. The topological polar surface area (TPSA) is 117 Å². The van der Waals surface area contributed by atoms with Crippen molar-refractivity contribution in [3.63, 3.8) is 0 Å². The van der Waals surface area contributed by atoms with Gasteiger partial charge in [0.25, 0.3) is 5.91 Å². The fraction of sp³-hybridized carbons (Fsp3) is 0.625. The molecule has 3 aliphatic rings. The van der Waals surface area contributed by atoms with Crippen LogP contribution in [-0.4, -0.2) is 52.3 Å². The van der Waals surface area contributed by atoms with Gasteiger partial charge in [0.2, 0.25) is 5.95 Å². The van der Waals surface area contributed by atoms with Gasteiger partial charge in [0, 0.05) is 38.1 Å². The first-order valence-electron chi connectivity index (χ1n) is 15.6. The van der Waals surface area contributed by atoms with E-state index < -0.39 is 5.91 Å². The lowest BCUT2D eigenvalue weighted by Gasteiger charge is -2.32. The van der Waals surface area contributed by atoms with Crippen LogP contribution in [0.5, 0.6) is 0 Å². The number of anilines is 1. The fourth-order valence-corrected chi connectivity index (χ4v) is 6.70. The third-order valence-electron chi connectivity index (χ3n) is 9.25. The van der Waals surface area contributed by atoms with Crippen molar-refractivity contribution >= 4 is 17.8 Å². The van der Waals surface area contributed by atoms with Gasteiger partial charge >= 0.3 is 5.97 Å². The van der Waals surface area contributed by atoms with Gasteiger partial charge in [-0.25, -0.2) is 15.4 Å². The summed E-state index contributed by atoms with van der Waals surface area (Å²) in [5.41, 5.74) is 4.38. The van der Waals surface area contributed by atoms with Crippen LogP contribution in [0.3, 0.4) is 0 Å². The van der Waals surface area contributed by atoms with Gasteiger partial charge < -0.3 is 15.0 Å². The molecule has 5 rings (SSSR count). The van der Waals surface area contributed by atoms with Crippen LogP contribution in [0.4, 0.5) is 5.95 Å². The molecule has 1 atom stereocenters. The summed E-state index contributed by atoms with van der Waals surface area (Å²) in [4.78, 5) is 35.3. The van der Waals surface area contributed by atoms with Crippen molar-refractivity contribution in [1.29, 1.82) is 0 Å². The Morgan fingerprint density at radius 1 is 0.902 bits per heavy atom. The predicted octanol–water partition coefficient (Wildman–Crippen LogP) is 4.97. The monoisotopic (exact) mass is 563 g/mol. The number of benzene rings is 1. The maximum absolute atomic E-state index is 13.2. The Morgan fingerprint density at radius 3 is 2.20 bits per heavy atom. The van der Waals surface area contributed by atoms with Crippen LogP contribution < -0.4 is 15.7 Å². The van der Waals surface area contributed by atoms with E-state index in [0.717, 1.165) is 71.0 Å². The number of esters is 1. The summed E-state index contributed by atoms with van der Waals surface area (Å²) in [6.45, 7) is 2.51. The molecule has 0 unspecified atom stereocenters. The molecule has 1 aromatic heterocycles. The summed E-state index contributed by atoms with van der Waals surface area (Å²) >= 11 is 0. The van der Waals surface area contributed by atoms with Crippen molar-refractivity contribution in [2.75, 3.05) is 18.0 Å². The van der Waals surface area contributed by atoms with E-state index >= 15 is 0 Å². The van der Waals surface area contributed by atoms with E-state index in [1.165, 1.54) is 55.6 Å². The number of hydroxylamine groups is 1. The lowest BCUT2D eigenvalue weighted by molar-refractivity contribution is -0.156. The molecule has 0 bridgehead atoms. The van der Waals surface area contributed by atoms with E-state index in [9.17, 15) is 9.59 Å². The van der Waals surface area contributed by atoms with E-state index in [-0.39, 0.29) is 23.6 Å². The Balaban J connectivity index is 1.06. The molecular weight excluding hydrogens is 518 g/mol. The van der Waals surface area contributed by atoms with Crippen LogP contribution in [0.1, 0.15) is 98.5 Å². The second kappa shape index (κ2) is 14.7. The Hall–Kier alpha value is -3.04. The number of nitrogens with zero attached hydrogens (tertiary/aromatic N) is 3. The van der Waals surface area contributed by atoms with Crippen LogP contribution in [0.25, 0.3) is 0 Å². The van der Waals surface area contributed by atoms with Gasteiger partial charge in [-0.3, -0.25) is 14.8 Å². The highest BCUT2D eigenvalue weighted by Crippen LogP contribution is 2.34. The largest absolute Gasteiger partial charge is 0.462 e. The smallest absolute Gasteiger partial charge is 0.309 e. The minimum atomic E-state index is -0.615. The van der Waals surface area contributed by atoms with Crippen LogP contribution in [0.2, 0.25) is 0 Å². The molecule has 41 heavy (non-hydrogen) atoms. The summed E-state index contributed by atoms with van der Waals surface area (Å²) in [5, 5.41) is 12.4.